The molecule has 0 radical (unpaired) electrons. The smallest absolute Gasteiger partial charge is 0.225 e. The van der Waals surface area contributed by atoms with E-state index in [0.29, 0.717) is 0 Å². The van der Waals surface area contributed by atoms with Gasteiger partial charge < -0.3 is 10.2 Å². The monoisotopic (exact) mass is 204 g/mol. The van der Waals surface area contributed by atoms with Gasteiger partial charge >= 0.3 is 0 Å². The molecule has 1 aromatic heterocycles. The van der Waals surface area contributed by atoms with Crippen molar-refractivity contribution >= 4 is 5.95 Å². The van der Waals surface area contributed by atoms with Gasteiger partial charge in [-0.3, -0.25) is 0 Å². The summed E-state index contributed by atoms with van der Waals surface area (Å²) in [5.74, 6) is 0.928. The van der Waals surface area contributed by atoms with Crippen molar-refractivity contribution in [3.8, 4) is 0 Å². The highest BCUT2D eigenvalue weighted by atomic mass is 15.3. The minimum Gasteiger partial charge on any atom is -0.338 e. The maximum Gasteiger partial charge on any atom is 0.225 e. The number of fused-ring (bicyclic) bond motifs is 1. The van der Waals surface area contributed by atoms with Gasteiger partial charge in [0.15, 0.2) is 0 Å². The first-order valence-electron chi connectivity index (χ1n) is 5.74. The maximum absolute atomic E-state index is 4.66. The lowest BCUT2D eigenvalue weighted by atomic mass is 10.3. The third kappa shape index (κ3) is 1.69. The molecule has 0 saturated carbocycles. The molecule has 4 nitrogen and oxygen atoms in total. The predicted octanol–water partition coefficient (Wildman–Crippen LogP) is 0.375. The number of hydrogen-bond acceptors (Lipinski definition) is 4. The van der Waals surface area contributed by atoms with Crippen molar-refractivity contribution < 1.29 is 0 Å². The Morgan fingerprint density at radius 1 is 1.20 bits per heavy atom. The van der Waals surface area contributed by atoms with Gasteiger partial charge in [-0.2, -0.15) is 0 Å². The zero-order valence-electron chi connectivity index (χ0n) is 8.87. The minimum absolute atomic E-state index is 0.928. The third-order valence-electron chi connectivity index (χ3n) is 3.20. The lowest BCUT2D eigenvalue weighted by Gasteiger charge is -2.27. The minimum atomic E-state index is 0.928. The fraction of sp³-hybridized carbons (Fsp3) is 0.636. The van der Waals surface area contributed by atoms with Crippen molar-refractivity contribution in [1.29, 1.82) is 0 Å². The second kappa shape index (κ2) is 3.77. The Morgan fingerprint density at radius 3 is 2.93 bits per heavy atom. The molecule has 80 valence electrons. The van der Waals surface area contributed by atoms with E-state index in [9.17, 15) is 0 Å². The second-order valence-corrected chi connectivity index (χ2v) is 4.23. The number of anilines is 1. The Kier molecular flexibility index (Phi) is 2.29. The van der Waals surface area contributed by atoms with E-state index in [2.05, 4.69) is 20.2 Å². The first-order valence-corrected chi connectivity index (χ1v) is 5.74. The van der Waals surface area contributed by atoms with Crippen LogP contribution in [0.4, 0.5) is 5.95 Å². The molecular formula is C11H16N4. The molecule has 1 N–H and O–H groups in total. The van der Waals surface area contributed by atoms with Gasteiger partial charge in [0.2, 0.25) is 5.95 Å². The van der Waals surface area contributed by atoms with Gasteiger partial charge in [0.05, 0.1) is 0 Å². The topological polar surface area (TPSA) is 41.1 Å². The molecule has 3 rings (SSSR count). The molecule has 0 spiro atoms. The van der Waals surface area contributed by atoms with E-state index in [1.807, 2.05) is 6.20 Å². The fourth-order valence-corrected chi connectivity index (χ4v) is 2.32. The quantitative estimate of drug-likeness (QED) is 0.718. The summed E-state index contributed by atoms with van der Waals surface area (Å²) in [5, 5.41) is 3.34. The van der Waals surface area contributed by atoms with Gasteiger partial charge in [0.1, 0.15) is 0 Å². The molecule has 1 aliphatic carbocycles. The van der Waals surface area contributed by atoms with Crippen LogP contribution in [0.1, 0.15) is 17.7 Å². The van der Waals surface area contributed by atoms with Crippen LogP contribution >= 0.6 is 0 Å². The molecule has 15 heavy (non-hydrogen) atoms. The summed E-state index contributed by atoms with van der Waals surface area (Å²) in [4.78, 5) is 11.4. The van der Waals surface area contributed by atoms with Crippen LogP contribution in [-0.2, 0) is 12.8 Å². The first kappa shape index (κ1) is 9.09. The standard InChI is InChI=1S/C11H16N4/c1-2-9-8-13-11(14-10(9)3-1)15-6-4-12-5-7-15/h8,12H,1-7H2. The van der Waals surface area contributed by atoms with E-state index >= 15 is 0 Å². The van der Waals surface area contributed by atoms with Crippen LogP contribution in [0.25, 0.3) is 0 Å². The highest BCUT2D eigenvalue weighted by Gasteiger charge is 2.17. The molecule has 0 amide bonds. The SMILES string of the molecule is c1nc(N2CCNCC2)nc2c1CCC2. The van der Waals surface area contributed by atoms with Gasteiger partial charge in [-0.15, -0.1) is 0 Å². The van der Waals surface area contributed by atoms with Crippen LogP contribution in [0.3, 0.4) is 0 Å². The molecule has 0 bridgehead atoms. The van der Waals surface area contributed by atoms with Crippen molar-refractivity contribution in [2.45, 2.75) is 19.3 Å². The van der Waals surface area contributed by atoms with Crippen LogP contribution in [0.5, 0.6) is 0 Å². The molecule has 1 aromatic rings. The Labute approximate surface area is 89.7 Å². The van der Waals surface area contributed by atoms with Crippen molar-refractivity contribution in [1.82, 2.24) is 15.3 Å². The van der Waals surface area contributed by atoms with E-state index in [1.165, 1.54) is 17.7 Å². The normalized spacial score (nSPS) is 20.4. The van der Waals surface area contributed by atoms with Crippen molar-refractivity contribution in [2.24, 2.45) is 0 Å². The van der Waals surface area contributed by atoms with Gasteiger partial charge in [-0.05, 0) is 24.8 Å². The lowest BCUT2D eigenvalue weighted by molar-refractivity contribution is 0.579. The summed E-state index contributed by atoms with van der Waals surface area (Å²) < 4.78 is 0. The molecule has 1 saturated heterocycles. The van der Waals surface area contributed by atoms with Crippen molar-refractivity contribution in [3.63, 3.8) is 0 Å². The molecule has 2 heterocycles. The summed E-state index contributed by atoms with van der Waals surface area (Å²) in [6, 6.07) is 0. The first-order chi connectivity index (χ1) is 7.43. The Hall–Kier alpha value is -1.16. The third-order valence-corrected chi connectivity index (χ3v) is 3.20. The van der Waals surface area contributed by atoms with E-state index in [4.69, 9.17) is 0 Å². The fourth-order valence-electron chi connectivity index (χ4n) is 2.32. The number of rotatable bonds is 1. The number of aromatic nitrogens is 2. The Bertz CT molecular complexity index is 358. The highest BCUT2D eigenvalue weighted by molar-refractivity contribution is 5.35. The lowest BCUT2D eigenvalue weighted by Crippen LogP contribution is -2.44. The van der Waals surface area contributed by atoms with Crippen LogP contribution in [0, 0.1) is 0 Å². The highest BCUT2D eigenvalue weighted by Crippen LogP contribution is 2.21. The van der Waals surface area contributed by atoms with Crippen molar-refractivity contribution in [2.75, 3.05) is 31.1 Å². The summed E-state index contributed by atoms with van der Waals surface area (Å²) in [6.45, 7) is 4.14. The summed E-state index contributed by atoms with van der Waals surface area (Å²) >= 11 is 0. The summed E-state index contributed by atoms with van der Waals surface area (Å²) in [5.41, 5.74) is 2.63. The molecule has 0 aromatic carbocycles. The molecule has 1 aliphatic heterocycles. The van der Waals surface area contributed by atoms with Crippen LogP contribution < -0.4 is 10.2 Å². The molecule has 0 unspecified atom stereocenters. The van der Waals surface area contributed by atoms with Crippen LogP contribution in [0.15, 0.2) is 6.20 Å². The van der Waals surface area contributed by atoms with Gasteiger partial charge in [0, 0.05) is 38.1 Å². The maximum atomic E-state index is 4.66. The molecule has 4 heteroatoms. The van der Waals surface area contributed by atoms with Gasteiger partial charge in [0.25, 0.3) is 0 Å². The predicted molar refractivity (Wildman–Crippen MR) is 59.1 cm³/mol. The van der Waals surface area contributed by atoms with E-state index in [-0.39, 0.29) is 0 Å². The average Bonchev–Trinajstić information content (AvgIpc) is 2.77. The number of hydrogen-bond donors (Lipinski definition) is 1. The van der Waals surface area contributed by atoms with Gasteiger partial charge in [-0.25, -0.2) is 9.97 Å². The van der Waals surface area contributed by atoms with E-state index in [1.54, 1.807) is 0 Å². The zero-order chi connectivity index (χ0) is 10.1. The molecular weight excluding hydrogens is 188 g/mol. The number of piperazine rings is 1. The molecule has 2 aliphatic rings. The molecule has 1 fully saturated rings. The summed E-state index contributed by atoms with van der Waals surface area (Å²) in [6.07, 6.45) is 5.57. The number of aryl methyl sites for hydroxylation is 2. The Morgan fingerprint density at radius 2 is 2.07 bits per heavy atom. The van der Waals surface area contributed by atoms with E-state index in [0.717, 1.165) is 45.0 Å². The number of nitrogens with one attached hydrogen (secondary N) is 1. The average molecular weight is 204 g/mol. The van der Waals surface area contributed by atoms with Crippen LogP contribution in [0.2, 0.25) is 0 Å². The zero-order valence-corrected chi connectivity index (χ0v) is 8.87. The molecule has 0 atom stereocenters. The van der Waals surface area contributed by atoms with E-state index < -0.39 is 0 Å². The second-order valence-electron chi connectivity index (χ2n) is 4.23. The summed E-state index contributed by atoms with van der Waals surface area (Å²) in [7, 11) is 0. The van der Waals surface area contributed by atoms with Crippen molar-refractivity contribution in [3.05, 3.63) is 17.5 Å². The van der Waals surface area contributed by atoms with Gasteiger partial charge in [-0.1, -0.05) is 0 Å². The number of nitrogens with zero attached hydrogens (tertiary/aromatic N) is 3. The van der Waals surface area contributed by atoms with Crippen LogP contribution in [-0.4, -0.2) is 36.1 Å². The largest absolute Gasteiger partial charge is 0.338 e. The Balaban J connectivity index is 1.85.